The molecule has 0 saturated carbocycles. The maximum Gasteiger partial charge on any atom is 0.263 e. The minimum atomic E-state index is -0.254. The molecule has 2 aromatic heterocycles. The van der Waals surface area contributed by atoms with Crippen LogP contribution in [0.25, 0.3) is 21.3 Å². The molecular formula is C27H27N3O4S. The summed E-state index contributed by atoms with van der Waals surface area (Å²) < 4.78 is 12.9. The van der Waals surface area contributed by atoms with Crippen molar-refractivity contribution in [2.45, 2.75) is 32.9 Å². The lowest BCUT2D eigenvalue weighted by Crippen LogP contribution is -2.36. The lowest BCUT2D eigenvalue weighted by molar-refractivity contribution is -0.122. The van der Waals surface area contributed by atoms with Gasteiger partial charge in [0.05, 0.1) is 31.0 Å². The van der Waals surface area contributed by atoms with Gasteiger partial charge in [-0.2, -0.15) is 0 Å². The van der Waals surface area contributed by atoms with Crippen LogP contribution in [0.5, 0.6) is 11.5 Å². The van der Waals surface area contributed by atoms with Crippen molar-refractivity contribution in [3.63, 3.8) is 0 Å². The molecule has 1 amide bonds. The molecule has 35 heavy (non-hydrogen) atoms. The fourth-order valence-electron chi connectivity index (χ4n) is 4.29. The van der Waals surface area contributed by atoms with Crippen LogP contribution >= 0.6 is 11.3 Å². The summed E-state index contributed by atoms with van der Waals surface area (Å²) in [7, 11) is 0. The standard InChI is InChI=1S/C27H27N3O4S/c1-17(2)25(19-9-10-21-22(13-19)34-12-6-11-33-21)29-23(31)14-30-16-28-26-24(27(30)32)20(15-35-26)18-7-4-3-5-8-18/h3-5,7-10,13,15-17,25H,6,11-12,14H2,1-2H3,(H,29,31). The minimum Gasteiger partial charge on any atom is -0.490 e. The van der Waals surface area contributed by atoms with E-state index in [1.165, 1.54) is 22.2 Å². The van der Waals surface area contributed by atoms with E-state index in [1.807, 2.05) is 67.8 Å². The van der Waals surface area contributed by atoms with Crippen LogP contribution in [-0.4, -0.2) is 28.7 Å². The number of carbonyl (C=O) groups is 1. The number of nitrogens with one attached hydrogen (secondary N) is 1. The van der Waals surface area contributed by atoms with E-state index >= 15 is 0 Å². The first kappa shape index (κ1) is 23.1. The van der Waals surface area contributed by atoms with Gasteiger partial charge in [0.25, 0.3) is 5.56 Å². The largest absolute Gasteiger partial charge is 0.490 e. The predicted molar refractivity (Wildman–Crippen MR) is 137 cm³/mol. The lowest BCUT2D eigenvalue weighted by atomic mass is 9.95. The summed E-state index contributed by atoms with van der Waals surface area (Å²) in [5.41, 5.74) is 2.50. The average molecular weight is 490 g/mol. The third-order valence-corrected chi connectivity index (χ3v) is 6.96. The van der Waals surface area contributed by atoms with Crippen molar-refractivity contribution in [1.29, 1.82) is 0 Å². The first-order valence-corrected chi connectivity index (χ1v) is 12.6. The third kappa shape index (κ3) is 4.79. The fourth-order valence-corrected chi connectivity index (χ4v) is 5.20. The summed E-state index contributed by atoms with van der Waals surface area (Å²) in [6.07, 6.45) is 2.28. The second kappa shape index (κ2) is 9.92. The van der Waals surface area contributed by atoms with Gasteiger partial charge in [-0.25, -0.2) is 4.98 Å². The van der Waals surface area contributed by atoms with Crippen molar-refractivity contribution in [3.8, 4) is 22.6 Å². The van der Waals surface area contributed by atoms with Crippen LogP contribution in [-0.2, 0) is 11.3 Å². The highest BCUT2D eigenvalue weighted by Crippen LogP contribution is 2.34. The fraction of sp³-hybridized carbons (Fsp3) is 0.296. The first-order valence-electron chi connectivity index (χ1n) is 11.7. The third-order valence-electron chi connectivity index (χ3n) is 6.07. The van der Waals surface area contributed by atoms with Gasteiger partial charge in [0.1, 0.15) is 11.4 Å². The predicted octanol–water partition coefficient (Wildman–Crippen LogP) is 4.80. The summed E-state index contributed by atoms with van der Waals surface area (Å²) in [5.74, 6) is 1.28. The van der Waals surface area contributed by atoms with E-state index in [1.54, 1.807) is 0 Å². The van der Waals surface area contributed by atoms with Gasteiger partial charge in [-0.05, 0) is 29.2 Å². The van der Waals surface area contributed by atoms with E-state index < -0.39 is 0 Å². The molecule has 2 aromatic carbocycles. The van der Waals surface area contributed by atoms with Gasteiger partial charge in [0, 0.05) is 17.4 Å². The van der Waals surface area contributed by atoms with E-state index in [0.29, 0.717) is 29.2 Å². The average Bonchev–Trinajstić information content (AvgIpc) is 3.16. The Kier molecular flexibility index (Phi) is 6.55. The maximum atomic E-state index is 13.3. The Bertz CT molecular complexity index is 1410. The van der Waals surface area contributed by atoms with Crippen LogP contribution in [0.1, 0.15) is 31.9 Å². The molecule has 4 aromatic rings. The Hall–Kier alpha value is -3.65. The number of aromatic nitrogens is 2. The second-order valence-electron chi connectivity index (χ2n) is 8.92. The summed E-state index contributed by atoms with van der Waals surface area (Å²) in [6.45, 7) is 5.21. The Labute approximate surface area is 207 Å². The highest BCUT2D eigenvalue weighted by atomic mass is 32.1. The highest BCUT2D eigenvalue weighted by molar-refractivity contribution is 7.17. The van der Waals surface area contributed by atoms with Crippen LogP contribution in [0, 0.1) is 5.92 Å². The number of hydrogen-bond donors (Lipinski definition) is 1. The van der Waals surface area contributed by atoms with Crippen LogP contribution in [0.4, 0.5) is 0 Å². The number of rotatable bonds is 6. The Balaban J connectivity index is 1.39. The summed E-state index contributed by atoms with van der Waals surface area (Å²) in [6, 6.07) is 15.3. The molecule has 1 aliphatic rings. The number of benzene rings is 2. The molecule has 0 radical (unpaired) electrons. The summed E-state index contributed by atoms with van der Waals surface area (Å²) in [4.78, 5) is 31.5. The number of thiophene rings is 1. The molecule has 180 valence electrons. The van der Waals surface area contributed by atoms with Crippen LogP contribution in [0.2, 0.25) is 0 Å². The normalized spacial score (nSPS) is 14.0. The molecular weight excluding hydrogens is 462 g/mol. The van der Waals surface area contributed by atoms with Crippen LogP contribution < -0.4 is 20.3 Å². The van der Waals surface area contributed by atoms with E-state index in [0.717, 1.165) is 28.9 Å². The molecule has 1 atom stereocenters. The quantitative estimate of drug-likeness (QED) is 0.421. The maximum absolute atomic E-state index is 13.3. The molecule has 1 aliphatic heterocycles. The number of ether oxygens (including phenoxy) is 2. The van der Waals surface area contributed by atoms with Crippen LogP contribution in [0.3, 0.4) is 0 Å². The topological polar surface area (TPSA) is 82.5 Å². The van der Waals surface area contributed by atoms with Crippen molar-refractivity contribution in [2.75, 3.05) is 13.2 Å². The molecule has 1 unspecified atom stereocenters. The molecule has 0 aliphatic carbocycles. The zero-order valence-electron chi connectivity index (χ0n) is 19.7. The number of carbonyl (C=O) groups excluding carboxylic acids is 1. The minimum absolute atomic E-state index is 0.111. The Morgan fingerprint density at radius 2 is 1.89 bits per heavy atom. The molecule has 1 N–H and O–H groups in total. The SMILES string of the molecule is CC(C)C(NC(=O)Cn1cnc2scc(-c3ccccc3)c2c1=O)c1ccc2c(c1)OCCCO2. The summed E-state index contributed by atoms with van der Waals surface area (Å²) >= 11 is 1.43. The molecule has 3 heterocycles. The molecule has 0 bridgehead atoms. The number of nitrogens with zero attached hydrogens (tertiary/aromatic N) is 2. The lowest BCUT2D eigenvalue weighted by Gasteiger charge is -2.24. The summed E-state index contributed by atoms with van der Waals surface area (Å²) in [5, 5.41) is 5.58. The van der Waals surface area contributed by atoms with E-state index in [-0.39, 0.29) is 30.0 Å². The number of hydrogen-bond acceptors (Lipinski definition) is 6. The zero-order chi connectivity index (χ0) is 24.4. The number of fused-ring (bicyclic) bond motifs is 2. The highest BCUT2D eigenvalue weighted by Gasteiger charge is 2.22. The van der Waals surface area contributed by atoms with Crippen molar-refractivity contribution < 1.29 is 14.3 Å². The molecule has 0 spiro atoms. The van der Waals surface area contributed by atoms with Gasteiger partial charge in [-0.15, -0.1) is 11.3 Å². The Morgan fingerprint density at radius 3 is 2.66 bits per heavy atom. The number of amides is 1. The van der Waals surface area contributed by atoms with Gasteiger partial charge in [-0.3, -0.25) is 14.2 Å². The van der Waals surface area contributed by atoms with E-state index in [2.05, 4.69) is 10.3 Å². The van der Waals surface area contributed by atoms with Crippen molar-refractivity contribution in [3.05, 3.63) is 76.2 Å². The zero-order valence-corrected chi connectivity index (χ0v) is 20.5. The van der Waals surface area contributed by atoms with Gasteiger partial charge in [0.2, 0.25) is 5.91 Å². The van der Waals surface area contributed by atoms with Gasteiger partial charge in [0.15, 0.2) is 11.5 Å². The van der Waals surface area contributed by atoms with Crippen molar-refractivity contribution in [1.82, 2.24) is 14.9 Å². The van der Waals surface area contributed by atoms with E-state index in [4.69, 9.17) is 9.47 Å². The van der Waals surface area contributed by atoms with Crippen molar-refractivity contribution >= 4 is 27.5 Å². The van der Waals surface area contributed by atoms with Crippen LogP contribution in [0.15, 0.2) is 65.0 Å². The van der Waals surface area contributed by atoms with Crippen molar-refractivity contribution in [2.24, 2.45) is 5.92 Å². The molecule has 0 saturated heterocycles. The second-order valence-corrected chi connectivity index (χ2v) is 9.78. The Morgan fingerprint density at radius 1 is 1.11 bits per heavy atom. The monoisotopic (exact) mass is 489 g/mol. The molecule has 8 heteroatoms. The van der Waals surface area contributed by atoms with Gasteiger partial charge in [-0.1, -0.05) is 50.2 Å². The van der Waals surface area contributed by atoms with Gasteiger partial charge >= 0.3 is 0 Å². The van der Waals surface area contributed by atoms with E-state index in [9.17, 15) is 9.59 Å². The molecule has 7 nitrogen and oxygen atoms in total. The molecule has 5 rings (SSSR count). The smallest absolute Gasteiger partial charge is 0.263 e. The first-order chi connectivity index (χ1) is 17.0. The van der Waals surface area contributed by atoms with Gasteiger partial charge < -0.3 is 14.8 Å². The molecule has 0 fully saturated rings.